The maximum Gasteiger partial charge on any atom is 0.261 e. The van der Waals surface area contributed by atoms with E-state index >= 15 is 0 Å². The third-order valence-electron chi connectivity index (χ3n) is 5.09. The highest BCUT2D eigenvalue weighted by Crippen LogP contribution is 2.36. The first kappa shape index (κ1) is 18.4. The molecule has 0 spiro atoms. The van der Waals surface area contributed by atoms with Crippen LogP contribution in [0.1, 0.15) is 28.9 Å². The summed E-state index contributed by atoms with van der Waals surface area (Å²) in [6, 6.07) is 8.94. The van der Waals surface area contributed by atoms with Gasteiger partial charge < -0.3 is 19.4 Å². The lowest BCUT2D eigenvalue weighted by Crippen LogP contribution is -2.24. The van der Waals surface area contributed by atoms with Gasteiger partial charge in [0.05, 0.1) is 30.4 Å². The van der Waals surface area contributed by atoms with Gasteiger partial charge in [-0.1, -0.05) is 23.7 Å². The summed E-state index contributed by atoms with van der Waals surface area (Å²) < 4.78 is 12.5. The number of pyridine rings is 1. The summed E-state index contributed by atoms with van der Waals surface area (Å²) in [4.78, 5) is 25.9. The zero-order chi connectivity index (χ0) is 20.0. The van der Waals surface area contributed by atoms with Crippen LogP contribution in [0.4, 0.5) is 5.69 Å². The Hall–Kier alpha value is -2.99. The van der Waals surface area contributed by atoms with Gasteiger partial charge in [-0.25, -0.2) is 0 Å². The third kappa shape index (κ3) is 2.81. The van der Waals surface area contributed by atoms with Gasteiger partial charge in [0.25, 0.3) is 5.91 Å². The van der Waals surface area contributed by atoms with Gasteiger partial charge in [0, 0.05) is 29.8 Å². The first-order valence-electron chi connectivity index (χ1n) is 8.84. The molecule has 0 aliphatic carbocycles. The topological polar surface area (TPSA) is 69.6 Å². The number of benzene rings is 2. The Morgan fingerprint density at radius 1 is 1.21 bits per heavy atom. The lowest BCUT2D eigenvalue weighted by atomic mass is 10.1. The Morgan fingerprint density at radius 3 is 2.68 bits per heavy atom. The minimum absolute atomic E-state index is 0.0781. The van der Waals surface area contributed by atoms with Crippen molar-refractivity contribution in [1.82, 2.24) is 4.57 Å². The van der Waals surface area contributed by atoms with Crippen molar-refractivity contribution in [2.24, 2.45) is 0 Å². The van der Waals surface area contributed by atoms with Crippen LogP contribution in [-0.4, -0.2) is 24.7 Å². The second-order valence-corrected chi connectivity index (χ2v) is 7.19. The largest absolute Gasteiger partial charge is 0.495 e. The van der Waals surface area contributed by atoms with Gasteiger partial charge in [-0.05, 0) is 25.0 Å². The zero-order valence-electron chi connectivity index (χ0n) is 15.7. The van der Waals surface area contributed by atoms with Crippen molar-refractivity contribution in [3.63, 3.8) is 0 Å². The molecule has 1 aliphatic heterocycles. The van der Waals surface area contributed by atoms with Gasteiger partial charge in [0.2, 0.25) is 5.43 Å². The predicted octanol–water partition coefficient (Wildman–Crippen LogP) is 4.04. The molecule has 2 aromatic carbocycles. The van der Waals surface area contributed by atoms with E-state index in [9.17, 15) is 9.59 Å². The lowest BCUT2D eigenvalue weighted by molar-refractivity contribution is 0.102. The van der Waals surface area contributed by atoms with Gasteiger partial charge >= 0.3 is 0 Å². The quantitative estimate of drug-likeness (QED) is 0.720. The van der Waals surface area contributed by atoms with E-state index in [1.54, 1.807) is 24.4 Å². The SMILES string of the molecule is COc1cc(NC(=O)c2cn3c4c(cccc4c2=O)C[C@@H]3C)c(OC)cc1Cl. The molecule has 3 aromatic rings. The molecule has 0 bridgehead atoms. The maximum atomic E-state index is 13.0. The molecule has 4 rings (SSSR count). The molecule has 144 valence electrons. The molecule has 0 saturated heterocycles. The van der Waals surface area contributed by atoms with E-state index in [1.807, 2.05) is 16.7 Å². The van der Waals surface area contributed by atoms with E-state index in [2.05, 4.69) is 12.2 Å². The number of carbonyl (C=O) groups is 1. The first-order valence-corrected chi connectivity index (χ1v) is 9.22. The summed E-state index contributed by atoms with van der Waals surface area (Å²) in [5.41, 5.74) is 2.19. The zero-order valence-corrected chi connectivity index (χ0v) is 16.5. The van der Waals surface area contributed by atoms with Crippen LogP contribution in [0.5, 0.6) is 11.5 Å². The summed E-state index contributed by atoms with van der Waals surface area (Å²) >= 11 is 6.11. The Labute approximate surface area is 166 Å². The van der Waals surface area contributed by atoms with Crippen LogP contribution >= 0.6 is 11.6 Å². The lowest BCUT2D eigenvalue weighted by Gasteiger charge is -2.15. The number of para-hydroxylation sites is 1. The molecule has 1 amide bonds. The number of amides is 1. The molecule has 0 radical (unpaired) electrons. The van der Waals surface area contributed by atoms with E-state index < -0.39 is 5.91 Å². The van der Waals surface area contributed by atoms with Gasteiger partial charge in [0.15, 0.2) is 0 Å². The average molecular weight is 399 g/mol. The molecule has 0 unspecified atom stereocenters. The summed E-state index contributed by atoms with van der Waals surface area (Å²) in [7, 11) is 2.96. The highest BCUT2D eigenvalue weighted by atomic mass is 35.5. The Balaban J connectivity index is 1.80. The highest BCUT2D eigenvalue weighted by Gasteiger charge is 2.25. The van der Waals surface area contributed by atoms with Crippen molar-refractivity contribution >= 4 is 34.1 Å². The van der Waals surface area contributed by atoms with Crippen LogP contribution in [0.2, 0.25) is 5.02 Å². The summed E-state index contributed by atoms with van der Waals surface area (Å²) in [5, 5.41) is 3.66. The van der Waals surface area contributed by atoms with E-state index in [0.717, 1.165) is 17.5 Å². The molecule has 1 N–H and O–H groups in total. The Bertz CT molecular complexity index is 1170. The van der Waals surface area contributed by atoms with Crippen LogP contribution in [0, 0.1) is 0 Å². The van der Waals surface area contributed by atoms with Gasteiger partial charge in [-0.2, -0.15) is 0 Å². The monoisotopic (exact) mass is 398 g/mol. The molecular weight excluding hydrogens is 380 g/mol. The fourth-order valence-corrected chi connectivity index (χ4v) is 3.96. The minimum Gasteiger partial charge on any atom is -0.495 e. The van der Waals surface area contributed by atoms with Crippen LogP contribution in [0.15, 0.2) is 41.3 Å². The summed E-state index contributed by atoms with van der Waals surface area (Å²) in [6.45, 7) is 2.07. The van der Waals surface area contributed by atoms with Crippen molar-refractivity contribution in [1.29, 1.82) is 0 Å². The summed E-state index contributed by atoms with van der Waals surface area (Å²) in [5.74, 6) is 0.257. The molecular formula is C21H19ClN2O4. The molecule has 7 heteroatoms. The molecule has 1 atom stereocenters. The maximum absolute atomic E-state index is 13.0. The van der Waals surface area contributed by atoms with E-state index in [4.69, 9.17) is 21.1 Å². The first-order chi connectivity index (χ1) is 13.4. The average Bonchev–Trinajstić information content (AvgIpc) is 3.01. The second kappa shape index (κ2) is 6.87. The number of anilines is 1. The van der Waals surface area contributed by atoms with Gasteiger partial charge in [-0.3, -0.25) is 9.59 Å². The predicted molar refractivity (Wildman–Crippen MR) is 109 cm³/mol. The van der Waals surface area contributed by atoms with Crippen LogP contribution in [0.3, 0.4) is 0 Å². The van der Waals surface area contributed by atoms with Crippen molar-refractivity contribution in [3.8, 4) is 11.5 Å². The van der Waals surface area contributed by atoms with E-state index in [1.165, 1.54) is 14.2 Å². The molecule has 28 heavy (non-hydrogen) atoms. The van der Waals surface area contributed by atoms with E-state index in [-0.39, 0.29) is 17.0 Å². The molecule has 2 heterocycles. The van der Waals surface area contributed by atoms with Crippen molar-refractivity contribution in [2.45, 2.75) is 19.4 Å². The molecule has 6 nitrogen and oxygen atoms in total. The highest BCUT2D eigenvalue weighted by molar-refractivity contribution is 6.32. The van der Waals surface area contributed by atoms with Crippen molar-refractivity contribution < 1.29 is 14.3 Å². The van der Waals surface area contributed by atoms with Crippen molar-refractivity contribution in [3.05, 3.63) is 62.9 Å². The second-order valence-electron chi connectivity index (χ2n) is 6.79. The molecule has 0 saturated carbocycles. The third-order valence-corrected chi connectivity index (χ3v) is 5.39. The Morgan fingerprint density at radius 2 is 1.96 bits per heavy atom. The van der Waals surface area contributed by atoms with Crippen LogP contribution in [-0.2, 0) is 6.42 Å². The number of nitrogens with one attached hydrogen (secondary N) is 1. The Kier molecular flexibility index (Phi) is 4.51. The number of methoxy groups -OCH3 is 2. The number of halogens is 1. The number of hydrogen-bond donors (Lipinski definition) is 1. The molecule has 0 fully saturated rings. The van der Waals surface area contributed by atoms with Crippen LogP contribution in [0.25, 0.3) is 10.9 Å². The number of nitrogens with zero attached hydrogens (tertiary/aromatic N) is 1. The number of rotatable bonds is 4. The van der Waals surface area contributed by atoms with Crippen molar-refractivity contribution in [2.75, 3.05) is 19.5 Å². The smallest absolute Gasteiger partial charge is 0.261 e. The normalized spacial score (nSPS) is 14.9. The van der Waals surface area contributed by atoms with Crippen LogP contribution < -0.4 is 20.2 Å². The van der Waals surface area contributed by atoms with Gasteiger partial charge in [0.1, 0.15) is 17.1 Å². The minimum atomic E-state index is -0.511. The molecule has 1 aromatic heterocycles. The van der Waals surface area contributed by atoms with Gasteiger partial charge in [-0.15, -0.1) is 0 Å². The van der Waals surface area contributed by atoms with E-state index in [0.29, 0.717) is 27.6 Å². The number of aromatic nitrogens is 1. The number of ether oxygens (including phenoxy) is 2. The summed E-state index contributed by atoms with van der Waals surface area (Å²) in [6.07, 6.45) is 2.48. The fourth-order valence-electron chi connectivity index (χ4n) is 3.73. The molecule has 1 aliphatic rings. The number of hydrogen-bond acceptors (Lipinski definition) is 4. The standard InChI is InChI=1S/C21H19ClN2O4/c1-11-7-12-5-4-6-13-19(12)24(11)10-14(20(13)25)21(26)23-16-9-17(27-2)15(22)8-18(16)28-3/h4-6,8-11H,7H2,1-3H3,(H,23,26)/t11-/m0/s1. The fraction of sp³-hybridized carbons (Fsp3) is 0.238. The number of carbonyl (C=O) groups excluding carboxylic acids is 1.